The minimum atomic E-state index is 0.00294. The maximum Gasteiger partial charge on any atom is 0.227 e. The second kappa shape index (κ2) is 7.54. The van der Waals surface area contributed by atoms with Gasteiger partial charge in [-0.2, -0.15) is 4.98 Å². The van der Waals surface area contributed by atoms with Gasteiger partial charge in [0, 0.05) is 30.8 Å². The molecule has 0 saturated carbocycles. The summed E-state index contributed by atoms with van der Waals surface area (Å²) in [6.45, 7) is 4.53. The van der Waals surface area contributed by atoms with E-state index in [1.165, 1.54) is 11.1 Å². The van der Waals surface area contributed by atoms with Crippen LogP contribution in [0.3, 0.4) is 0 Å². The second-order valence-electron chi connectivity index (χ2n) is 7.88. The molecule has 0 bridgehead atoms. The summed E-state index contributed by atoms with van der Waals surface area (Å²) < 4.78 is 5.28. The molecular formula is C22H24N4O2. The quantitative estimate of drug-likeness (QED) is 0.728. The minimum Gasteiger partial charge on any atom is -0.349 e. The summed E-state index contributed by atoms with van der Waals surface area (Å²) in [5.74, 6) is 0.983. The molecule has 2 heterocycles. The number of hydrogen-bond donors (Lipinski definition) is 1. The maximum absolute atomic E-state index is 12.5. The summed E-state index contributed by atoms with van der Waals surface area (Å²) in [6, 6.07) is 12.1. The highest BCUT2D eigenvalue weighted by atomic mass is 16.5. The van der Waals surface area contributed by atoms with E-state index < -0.39 is 0 Å². The molecule has 1 aliphatic rings. The molecule has 28 heavy (non-hydrogen) atoms. The van der Waals surface area contributed by atoms with Crippen molar-refractivity contribution in [3.63, 3.8) is 0 Å². The van der Waals surface area contributed by atoms with Crippen LogP contribution in [0.5, 0.6) is 0 Å². The van der Waals surface area contributed by atoms with Crippen LogP contribution < -0.4 is 5.32 Å². The number of aromatic nitrogens is 3. The lowest BCUT2D eigenvalue weighted by molar-refractivity contribution is -0.122. The van der Waals surface area contributed by atoms with Crippen LogP contribution in [-0.4, -0.2) is 21.0 Å². The average Bonchev–Trinajstić information content (AvgIpc) is 3.19. The van der Waals surface area contributed by atoms with E-state index in [2.05, 4.69) is 52.5 Å². The molecule has 1 atom stereocenters. The number of rotatable bonds is 5. The van der Waals surface area contributed by atoms with Gasteiger partial charge in [-0.15, -0.1) is 0 Å². The van der Waals surface area contributed by atoms with Crippen molar-refractivity contribution in [2.45, 2.75) is 51.0 Å². The molecule has 2 aromatic heterocycles. The fourth-order valence-corrected chi connectivity index (χ4v) is 3.82. The Labute approximate surface area is 164 Å². The van der Waals surface area contributed by atoms with Crippen molar-refractivity contribution < 1.29 is 9.32 Å². The molecule has 0 aliphatic heterocycles. The van der Waals surface area contributed by atoms with E-state index in [1.54, 1.807) is 12.4 Å². The van der Waals surface area contributed by atoms with Crippen LogP contribution in [-0.2, 0) is 16.6 Å². The lowest BCUT2D eigenvalue weighted by Crippen LogP contribution is -2.35. The Morgan fingerprint density at radius 1 is 1.21 bits per heavy atom. The first-order valence-electron chi connectivity index (χ1n) is 9.65. The molecule has 0 fully saturated rings. The van der Waals surface area contributed by atoms with Gasteiger partial charge >= 0.3 is 0 Å². The third kappa shape index (κ3) is 3.81. The van der Waals surface area contributed by atoms with Crippen molar-refractivity contribution in [3.8, 4) is 11.4 Å². The van der Waals surface area contributed by atoms with Crippen molar-refractivity contribution in [2.75, 3.05) is 0 Å². The number of amides is 1. The van der Waals surface area contributed by atoms with Gasteiger partial charge in [0.15, 0.2) is 0 Å². The molecule has 1 N–H and O–H groups in total. The van der Waals surface area contributed by atoms with E-state index >= 15 is 0 Å². The number of fused-ring (bicyclic) bond motifs is 1. The molecule has 6 nitrogen and oxygen atoms in total. The summed E-state index contributed by atoms with van der Waals surface area (Å²) >= 11 is 0. The van der Waals surface area contributed by atoms with Gasteiger partial charge in [-0.3, -0.25) is 9.78 Å². The Morgan fingerprint density at radius 3 is 2.82 bits per heavy atom. The largest absolute Gasteiger partial charge is 0.349 e. The fraction of sp³-hybridized carbons (Fsp3) is 0.364. The number of carbonyl (C=O) groups excluding carboxylic acids is 1. The predicted molar refractivity (Wildman–Crippen MR) is 105 cm³/mol. The number of carbonyl (C=O) groups is 1. The smallest absolute Gasteiger partial charge is 0.227 e. The van der Waals surface area contributed by atoms with E-state index in [0.29, 0.717) is 24.6 Å². The summed E-state index contributed by atoms with van der Waals surface area (Å²) in [6.07, 6.45) is 6.10. The highest BCUT2D eigenvalue weighted by Gasteiger charge is 2.32. The first kappa shape index (κ1) is 18.3. The number of nitrogens with zero attached hydrogens (tertiary/aromatic N) is 3. The topological polar surface area (TPSA) is 80.9 Å². The number of benzene rings is 1. The zero-order chi connectivity index (χ0) is 19.6. The Kier molecular flexibility index (Phi) is 4.94. The van der Waals surface area contributed by atoms with E-state index in [9.17, 15) is 4.79 Å². The monoisotopic (exact) mass is 376 g/mol. The van der Waals surface area contributed by atoms with Crippen molar-refractivity contribution in [3.05, 3.63) is 65.8 Å². The van der Waals surface area contributed by atoms with Gasteiger partial charge in [-0.1, -0.05) is 43.3 Å². The number of nitrogens with one attached hydrogen (secondary N) is 1. The van der Waals surface area contributed by atoms with E-state index in [0.717, 1.165) is 18.4 Å². The summed E-state index contributed by atoms with van der Waals surface area (Å²) in [5.41, 5.74) is 3.54. The standard InChI is InChI=1S/C22H24N4O2/c1-22(2)12-9-18(16-5-3-4-6-17(16)22)24-19(27)7-8-20-25-21(26-28-20)15-10-13-23-14-11-15/h3-6,10-11,13-14,18H,7-9,12H2,1-2H3,(H,24,27)/t18-/m0/s1. The van der Waals surface area contributed by atoms with E-state index in [4.69, 9.17) is 4.52 Å². The molecule has 0 saturated heterocycles. The second-order valence-corrected chi connectivity index (χ2v) is 7.88. The van der Waals surface area contributed by atoms with Gasteiger partial charge in [0.05, 0.1) is 6.04 Å². The Hall–Kier alpha value is -3.02. The van der Waals surface area contributed by atoms with Crippen molar-refractivity contribution >= 4 is 5.91 Å². The van der Waals surface area contributed by atoms with Gasteiger partial charge in [-0.05, 0) is 41.5 Å². The first-order valence-corrected chi connectivity index (χ1v) is 9.65. The van der Waals surface area contributed by atoms with Crippen molar-refractivity contribution in [1.29, 1.82) is 0 Å². The summed E-state index contributed by atoms with van der Waals surface area (Å²) in [5, 5.41) is 7.16. The molecular weight excluding hydrogens is 352 g/mol. The van der Waals surface area contributed by atoms with E-state index in [-0.39, 0.29) is 17.4 Å². The fourth-order valence-electron chi connectivity index (χ4n) is 3.82. The molecule has 1 amide bonds. The van der Waals surface area contributed by atoms with Crippen LogP contribution in [0.2, 0.25) is 0 Å². The molecule has 1 aliphatic carbocycles. The van der Waals surface area contributed by atoms with Gasteiger partial charge in [0.25, 0.3) is 0 Å². The molecule has 0 radical (unpaired) electrons. The molecule has 1 aromatic carbocycles. The zero-order valence-corrected chi connectivity index (χ0v) is 16.2. The van der Waals surface area contributed by atoms with E-state index in [1.807, 2.05) is 18.2 Å². The summed E-state index contributed by atoms with van der Waals surface area (Å²) in [4.78, 5) is 20.9. The van der Waals surface area contributed by atoms with Crippen LogP contribution >= 0.6 is 0 Å². The molecule has 6 heteroatoms. The molecule has 144 valence electrons. The van der Waals surface area contributed by atoms with Crippen molar-refractivity contribution in [2.24, 2.45) is 0 Å². The van der Waals surface area contributed by atoms with Crippen LogP contribution in [0.1, 0.15) is 56.2 Å². The third-order valence-corrected chi connectivity index (χ3v) is 5.43. The van der Waals surface area contributed by atoms with Crippen LogP contribution in [0.15, 0.2) is 53.3 Å². The molecule has 0 unspecified atom stereocenters. The van der Waals surface area contributed by atoms with Crippen LogP contribution in [0.25, 0.3) is 11.4 Å². The number of pyridine rings is 1. The van der Waals surface area contributed by atoms with Crippen molar-refractivity contribution in [1.82, 2.24) is 20.4 Å². The van der Waals surface area contributed by atoms with Gasteiger partial charge < -0.3 is 9.84 Å². The van der Waals surface area contributed by atoms with Gasteiger partial charge in [0.1, 0.15) is 0 Å². The van der Waals surface area contributed by atoms with Crippen LogP contribution in [0, 0.1) is 0 Å². The SMILES string of the molecule is CC1(C)CC[C@H](NC(=O)CCc2nc(-c3ccncc3)no2)c2ccccc21. The maximum atomic E-state index is 12.5. The lowest BCUT2D eigenvalue weighted by atomic mass is 9.71. The third-order valence-electron chi connectivity index (χ3n) is 5.43. The predicted octanol–water partition coefficient (Wildman–Crippen LogP) is 3.99. The first-order chi connectivity index (χ1) is 13.5. The van der Waals surface area contributed by atoms with Gasteiger partial charge in [-0.25, -0.2) is 0 Å². The normalized spacial score (nSPS) is 17.7. The summed E-state index contributed by atoms with van der Waals surface area (Å²) in [7, 11) is 0. The molecule has 0 spiro atoms. The Balaban J connectivity index is 1.37. The van der Waals surface area contributed by atoms with Gasteiger partial charge in [0.2, 0.25) is 17.6 Å². The highest BCUT2D eigenvalue weighted by Crippen LogP contribution is 2.41. The lowest BCUT2D eigenvalue weighted by Gasteiger charge is -2.37. The molecule has 3 aromatic rings. The van der Waals surface area contributed by atoms with Crippen LogP contribution in [0.4, 0.5) is 0 Å². The minimum absolute atomic E-state index is 0.00294. The Bertz CT molecular complexity index is 965. The number of hydrogen-bond acceptors (Lipinski definition) is 5. The highest BCUT2D eigenvalue weighted by molar-refractivity contribution is 5.76. The average molecular weight is 376 g/mol. The Morgan fingerprint density at radius 2 is 2.00 bits per heavy atom. The molecule has 4 rings (SSSR count). The number of aryl methyl sites for hydroxylation is 1. The zero-order valence-electron chi connectivity index (χ0n) is 16.2.